The Kier molecular flexibility index (Phi) is 4.98. The maximum atomic E-state index is 12.7. The molecule has 164 valence electrons. The van der Waals surface area contributed by atoms with Crippen molar-refractivity contribution in [3.05, 3.63) is 47.8 Å². The molecule has 4 rings (SSSR count). The molecular weight excluding hydrogens is 415 g/mol. The monoisotopic (exact) mass is 435 g/mol. The molecule has 11 heteroatoms. The van der Waals surface area contributed by atoms with E-state index in [0.29, 0.717) is 11.3 Å². The molecule has 2 N–H and O–H groups in total. The van der Waals surface area contributed by atoms with E-state index in [1.807, 2.05) is 0 Å². The number of amides is 4. The van der Waals surface area contributed by atoms with Gasteiger partial charge in [0.25, 0.3) is 5.91 Å². The van der Waals surface area contributed by atoms with E-state index in [0.717, 1.165) is 28.5 Å². The third kappa shape index (κ3) is 4.12. The van der Waals surface area contributed by atoms with Gasteiger partial charge in [-0.3, -0.25) is 14.5 Å². The third-order valence-electron chi connectivity index (χ3n) is 5.57. The van der Waals surface area contributed by atoms with Gasteiger partial charge in [0, 0.05) is 12.7 Å². The first-order valence-corrected chi connectivity index (χ1v) is 9.71. The zero-order valence-electron chi connectivity index (χ0n) is 16.6. The second kappa shape index (κ2) is 7.40. The first-order valence-electron chi connectivity index (χ1n) is 9.71. The van der Waals surface area contributed by atoms with Crippen LogP contribution in [0, 0.1) is 5.92 Å². The van der Waals surface area contributed by atoms with Crippen molar-refractivity contribution >= 4 is 17.8 Å². The Bertz CT molecular complexity index is 1030. The number of hydrogen-bond donors (Lipinski definition) is 2. The van der Waals surface area contributed by atoms with E-state index in [2.05, 4.69) is 15.7 Å². The summed E-state index contributed by atoms with van der Waals surface area (Å²) < 4.78 is 39.1. The van der Waals surface area contributed by atoms with Gasteiger partial charge in [-0.1, -0.05) is 12.1 Å². The van der Waals surface area contributed by atoms with Gasteiger partial charge < -0.3 is 10.6 Å². The van der Waals surface area contributed by atoms with Gasteiger partial charge in [-0.25, -0.2) is 9.48 Å². The van der Waals surface area contributed by atoms with Gasteiger partial charge in [0.05, 0.1) is 5.69 Å². The average molecular weight is 435 g/mol. The molecule has 4 amide bonds. The van der Waals surface area contributed by atoms with E-state index in [1.54, 1.807) is 31.2 Å². The van der Waals surface area contributed by atoms with Crippen LogP contribution in [0.25, 0.3) is 5.69 Å². The molecule has 1 saturated heterocycles. The number of nitrogens with zero attached hydrogens (tertiary/aromatic N) is 3. The molecule has 2 aliphatic rings. The van der Waals surface area contributed by atoms with Crippen LogP contribution in [0.1, 0.15) is 31.0 Å². The smallest absolute Gasteiger partial charge is 0.350 e. The summed E-state index contributed by atoms with van der Waals surface area (Å²) in [5, 5.41) is 8.82. The number of carbonyl (C=O) groups is 3. The van der Waals surface area contributed by atoms with Crippen LogP contribution in [-0.4, -0.2) is 44.6 Å². The zero-order chi connectivity index (χ0) is 22.4. The Balaban J connectivity index is 1.32. The fraction of sp³-hybridized carbons (Fsp3) is 0.400. The highest BCUT2D eigenvalue weighted by atomic mass is 19.4. The number of rotatable bonds is 6. The second-order valence-electron chi connectivity index (χ2n) is 7.88. The van der Waals surface area contributed by atoms with Crippen LogP contribution < -0.4 is 10.6 Å². The SMILES string of the molecule is CC1(C2CC2)NC(=O)N(CC(=O)NCc2ccc(-n3ccc(C(F)(F)F)n3)cc2)C1=O. The maximum absolute atomic E-state index is 12.7. The van der Waals surface area contributed by atoms with Crippen LogP contribution >= 0.6 is 0 Å². The molecule has 31 heavy (non-hydrogen) atoms. The highest BCUT2D eigenvalue weighted by Gasteiger charge is 2.56. The van der Waals surface area contributed by atoms with E-state index in [1.165, 1.54) is 6.20 Å². The maximum Gasteiger partial charge on any atom is 0.435 e. The van der Waals surface area contributed by atoms with Crippen molar-refractivity contribution in [1.29, 1.82) is 0 Å². The largest absolute Gasteiger partial charge is 0.435 e. The van der Waals surface area contributed by atoms with Gasteiger partial charge in [-0.2, -0.15) is 18.3 Å². The van der Waals surface area contributed by atoms with Gasteiger partial charge in [-0.05, 0) is 49.4 Å². The minimum Gasteiger partial charge on any atom is -0.350 e. The van der Waals surface area contributed by atoms with E-state index in [-0.39, 0.29) is 19.0 Å². The molecule has 2 fully saturated rings. The molecule has 0 bridgehead atoms. The number of halogens is 3. The molecule has 1 aromatic heterocycles. The van der Waals surface area contributed by atoms with Crippen LogP contribution in [0.3, 0.4) is 0 Å². The Morgan fingerprint density at radius 2 is 1.90 bits per heavy atom. The van der Waals surface area contributed by atoms with E-state index in [9.17, 15) is 27.6 Å². The molecule has 1 aromatic carbocycles. The number of alkyl halides is 3. The highest BCUT2D eigenvalue weighted by molar-refractivity contribution is 6.09. The Hall–Kier alpha value is -3.37. The summed E-state index contributed by atoms with van der Waals surface area (Å²) in [6.07, 6.45) is -1.56. The number of benzene rings is 1. The lowest BCUT2D eigenvalue weighted by Gasteiger charge is -2.20. The standard InChI is InChI=1S/C20H20F3N5O3/c1-19(13-4-5-13)17(30)27(18(31)25-19)11-16(29)24-10-12-2-6-14(7-3-12)28-9-8-15(26-28)20(21,22)23/h2-3,6-9,13H,4-5,10-11H2,1H3,(H,24,29)(H,25,31). The van der Waals surface area contributed by atoms with Crippen LogP contribution in [0.4, 0.5) is 18.0 Å². The molecular formula is C20H20F3N5O3. The quantitative estimate of drug-likeness (QED) is 0.681. The molecule has 8 nitrogen and oxygen atoms in total. The van der Waals surface area contributed by atoms with E-state index >= 15 is 0 Å². The minimum atomic E-state index is -4.51. The van der Waals surface area contributed by atoms with Gasteiger partial charge in [0.15, 0.2) is 5.69 Å². The highest BCUT2D eigenvalue weighted by Crippen LogP contribution is 2.42. The first kappa shape index (κ1) is 20.9. The number of hydrogen-bond acceptors (Lipinski definition) is 4. The van der Waals surface area contributed by atoms with Crippen molar-refractivity contribution in [3.63, 3.8) is 0 Å². The summed E-state index contributed by atoms with van der Waals surface area (Å²) in [4.78, 5) is 37.8. The lowest BCUT2D eigenvalue weighted by atomic mass is 9.96. The van der Waals surface area contributed by atoms with Crippen LogP contribution in [0.15, 0.2) is 36.5 Å². The molecule has 1 atom stereocenters. The summed E-state index contributed by atoms with van der Waals surface area (Å²) in [6.45, 7) is 1.44. The van der Waals surface area contributed by atoms with Crippen molar-refractivity contribution in [2.24, 2.45) is 5.92 Å². The molecule has 1 unspecified atom stereocenters. The first-order chi connectivity index (χ1) is 14.6. The fourth-order valence-electron chi connectivity index (χ4n) is 3.58. The number of carbonyl (C=O) groups excluding carboxylic acids is 3. The molecule has 1 aliphatic heterocycles. The predicted molar refractivity (Wildman–Crippen MR) is 102 cm³/mol. The van der Waals surface area contributed by atoms with Gasteiger partial charge in [-0.15, -0.1) is 0 Å². The van der Waals surface area contributed by atoms with Crippen LogP contribution in [0.5, 0.6) is 0 Å². The summed E-state index contributed by atoms with van der Waals surface area (Å²) in [5.74, 6) is -0.774. The summed E-state index contributed by atoms with van der Waals surface area (Å²) in [6, 6.07) is 6.75. The lowest BCUT2D eigenvalue weighted by molar-refractivity contribution is -0.141. The van der Waals surface area contributed by atoms with Gasteiger partial charge >= 0.3 is 12.2 Å². The van der Waals surface area contributed by atoms with E-state index < -0.39 is 35.3 Å². The summed E-state index contributed by atoms with van der Waals surface area (Å²) in [7, 11) is 0. The molecule has 1 saturated carbocycles. The second-order valence-corrected chi connectivity index (χ2v) is 7.88. The number of urea groups is 1. The molecule has 2 aromatic rings. The van der Waals surface area contributed by atoms with Crippen molar-refractivity contribution in [2.75, 3.05) is 6.54 Å². The van der Waals surface area contributed by atoms with Crippen LogP contribution in [0.2, 0.25) is 0 Å². The predicted octanol–water partition coefficient (Wildman–Crippen LogP) is 2.23. The Labute approximate surface area is 175 Å². The van der Waals surface area contributed by atoms with Gasteiger partial charge in [0.2, 0.25) is 5.91 Å². The number of aromatic nitrogens is 2. The van der Waals surface area contributed by atoms with Crippen molar-refractivity contribution < 1.29 is 27.6 Å². The molecule has 0 spiro atoms. The number of nitrogens with one attached hydrogen (secondary N) is 2. The van der Waals surface area contributed by atoms with E-state index in [4.69, 9.17) is 0 Å². The summed E-state index contributed by atoms with van der Waals surface area (Å²) in [5.41, 5.74) is -0.794. The number of imide groups is 1. The Morgan fingerprint density at radius 3 is 2.48 bits per heavy atom. The fourth-order valence-corrected chi connectivity index (χ4v) is 3.58. The molecule has 1 aliphatic carbocycles. The average Bonchev–Trinajstić information content (AvgIpc) is 3.41. The van der Waals surface area contributed by atoms with Crippen molar-refractivity contribution in [3.8, 4) is 5.69 Å². The third-order valence-corrected chi connectivity index (χ3v) is 5.57. The lowest BCUT2D eigenvalue weighted by Crippen LogP contribution is -2.46. The zero-order valence-corrected chi connectivity index (χ0v) is 16.6. The van der Waals surface area contributed by atoms with Crippen LogP contribution in [-0.2, 0) is 22.3 Å². The molecule has 0 radical (unpaired) electrons. The summed E-state index contributed by atoms with van der Waals surface area (Å²) >= 11 is 0. The minimum absolute atomic E-state index is 0.109. The molecule has 2 heterocycles. The topological polar surface area (TPSA) is 96.3 Å². The normalized spacial score (nSPS) is 21.4. The van der Waals surface area contributed by atoms with Gasteiger partial charge in [0.1, 0.15) is 12.1 Å². The van der Waals surface area contributed by atoms with Crippen molar-refractivity contribution in [2.45, 2.75) is 38.0 Å². The van der Waals surface area contributed by atoms with Crippen molar-refractivity contribution in [1.82, 2.24) is 25.3 Å². The Morgan fingerprint density at radius 1 is 1.23 bits per heavy atom.